The van der Waals surface area contributed by atoms with E-state index in [4.69, 9.17) is 31.9 Å². The molecule has 8 nitrogen and oxygen atoms in total. The van der Waals surface area contributed by atoms with E-state index in [1.54, 1.807) is 24.3 Å². The third kappa shape index (κ3) is 7.65. The summed E-state index contributed by atoms with van der Waals surface area (Å²) < 4.78 is 0. The van der Waals surface area contributed by atoms with Crippen molar-refractivity contribution in [3.8, 4) is 11.5 Å². The fraction of sp³-hybridized carbons (Fsp3) is 0.222. The van der Waals surface area contributed by atoms with Crippen molar-refractivity contribution in [3.05, 3.63) is 59.7 Å². The Morgan fingerprint density at radius 1 is 0.692 bits per heavy atom. The highest BCUT2D eigenvalue weighted by molar-refractivity contribution is 5.73. The number of aromatic hydroxyl groups is 2. The van der Waals surface area contributed by atoms with Crippen molar-refractivity contribution < 1.29 is 30.0 Å². The van der Waals surface area contributed by atoms with Crippen LogP contribution in [-0.2, 0) is 22.4 Å². The maximum Gasteiger partial charge on any atom is 0.320 e. The predicted octanol–water partition coefficient (Wildman–Crippen LogP) is 0.693. The lowest BCUT2D eigenvalue weighted by Gasteiger charge is -2.05. The van der Waals surface area contributed by atoms with Gasteiger partial charge in [0.2, 0.25) is 0 Å². The second kappa shape index (κ2) is 10.0. The number of aliphatic carboxylic acids is 2. The van der Waals surface area contributed by atoms with Crippen molar-refractivity contribution in [3.63, 3.8) is 0 Å². The summed E-state index contributed by atoms with van der Waals surface area (Å²) in [6.07, 6.45) is 0.547. The van der Waals surface area contributed by atoms with E-state index in [1.165, 1.54) is 24.3 Å². The van der Waals surface area contributed by atoms with Gasteiger partial charge in [0.1, 0.15) is 23.6 Å². The fourth-order valence-electron chi connectivity index (χ4n) is 1.95. The molecule has 1 unspecified atom stereocenters. The number of phenols is 2. The number of carboxylic acids is 2. The van der Waals surface area contributed by atoms with Gasteiger partial charge >= 0.3 is 11.9 Å². The van der Waals surface area contributed by atoms with Crippen molar-refractivity contribution in [2.24, 2.45) is 11.5 Å². The van der Waals surface area contributed by atoms with Gasteiger partial charge in [0.15, 0.2) is 0 Å². The molecular weight excluding hydrogens is 340 g/mol. The summed E-state index contributed by atoms with van der Waals surface area (Å²) in [6.45, 7) is 0. The molecule has 0 saturated heterocycles. The molecule has 0 amide bonds. The Labute approximate surface area is 150 Å². The Hall–Kier alpha value is -3.10. The molecule has 140 valence electrons. The molecule has 2 aromatic rings. The third-order valence-corrected chi connectivity index (χ3v) is 3.42. The van der Waals surface area contributed by atoms with E-state index >= 15 is 0 Å². The fourth-order valence-corrected chi connectivity index (χ4v) is 1.95. The molecule has 0 radical (unpaired) electrons. The monoisotopic (exact) mass is 362 g/mol. The number of nitrogens with two attached hydrogens (primary N) is 2. The first-order valence-corrected chi connectivity index (χ1v) is 7.71. The number of carbonyl (C=O) groups is 2. The van der Waals surface area contributed by atoms with Crippen LogP contribution in [0.5, 0.6) is 11.5 Å². The number of rotatable bonds is 6. The standard InChI is InChI=1S/2C9H11NO3/c2*10-8(9(12)13)5-6-1-3-7(11)4-2-6/h2*1-4,8,11H,5,10H2,(H,12,13)/t8-;/m1./s1. The Balaban J connectivity index is 0.000000260. The van der Waals surface area contributed by atoms with Gasteiger partial charge in [-0.15, -0.1) is 0 Å². The van der Waals surface area contributed by atoms with Crippen LogP contribution in [0.25, 0.3) is 0 Å². The molecule has 0 aliphatic heterocycles. The number of hydrogen-bond donors (Lipinski definition) is 6. The highest BCUT2D eigenvalue weighted by Crippen LogP contribution is 2.11. The molecule has 0 heterocycles. The quantitative estimate of drug-likeness (QED) is 0.436. The second-order valence-corrected chi connectivity index (χ2v) is 5.63. The molecule has 0 saturated carbocycles. The minimum atomic E-state index is -1.02. The summed E-state index contributed by atoms with van der Waals surface area (Å²) in [5.74, 6) is -1.72. The molecule has 8 heteroatoms. The van der Waals surface area contributed by atoms with Crippen molar-refractivity contribution >= 4 is 11.9 Å². The van der Waals surface area contributed by atoms with Gasteiger partial charge in [-0.05, 0) is 48.2 Å². The van der Waals surface area contributed by atoms with Gasteiger partial charge in [0, 0.05) is 0 Å². The van der Waals surface area contributed by atoms with E-state index < -0.39 is 24.0 Å². The molecule has 2 rings (SSSR count). The Bertz CT molecular complexity index is 652. The molecule has 2 atom stereocenters. The largest absolute Gasteiger partial charge is 0.508 e. The van der Waals surface area contributed by atoms with Gasteiger partial charge < -0.3 is 31.9 Å². The van der Waals surface area contributed by atoms with Crippen molar-refractivity contribution in [2.75, 3.05) is 0 Å². The van der Waals surface area contributed by atoms with Crippen LogP contribution in [0.1, 0.15) is 11.1 Å². The molecule has 0 aliphatic rings. The van der Waals surface area contributed by atoms with Crippen LogP contribution in [0, 0.1) is 0 Å². The van der Waals surface area contributed by atoms with Crippen molar-refractivity contribution in [1.82, 2.24) is 0 Å². The number of carboxylic acid groups (broad SMARTS) is 2. The van der Waals surface area contributed by atoms with E-state index in [0.29, 0.717) is 0 Å². The maximum absolute atomic E-state index is 10.4. The SMILES string of the molecule is NC(Cc1ccc(O)cc1)C(=O)O.N[C@H](Cc1ccc(O)cc1)C(=O)O. The van der Waals surface area contributed by atoms with Crippen molar-refractivity contribution in [2.45, 2.75) is 24.9 Å². The minimum absolute atomic E-state index is 0.160. The van der Waals surface area contributed by atoms with Gasteiger partial charge in [0.05, 0.1) is 0 Å². The molecule has 0 aromatic heterocycles. The number of benzene rings is 2. The summed E-state index contributed by atoms with van der Waals surface area (Å²) in [7, 11) is 0. The lowest BCUT2D eigenvalue weighted by atomic mass is 10.1. The molecule has 0 spiro atoms. The van der Waals surface area contributed by atoms with Crippen LogP contribution in [0.15, 0.2) is 48.5 Å². The lowest BCUT2D eigenvalue weighted by Crippen LogP contribution is -2.32. The third-order valence-electron chi connectivity index (χ3n) is 3.42. The molecule has 0 fully saturated rings. The molecule has 0 aliphatic carbocycles. The molecule has 26 heavy (non-hydrogen) atoms. The van der Waals surface area contributed by atoms with Gasteiger partial charge in [0.25, 0.3) is 0 Å². The zero-order valence-corrected chi connectivity index (χ0v) is 13.9. The van der Waals surface area contributed by atoms with Crippen LogP contribution in [0.2, 0.25) is 0 Å². The number of hydrogen-bond acceptors (Lipinski definition) is 6. The number of phenolic OH excluding ortho intramolecular Hbond substituents is 2. The average Bonchev–Trinajstić information content (AvgIpc) is 2.59. The molecular formula is C18H22N2O6. The van der Waals surface area contributed by atoms with Gasteiger partial charge in [-0.3, -0.25) is 9.59 Å². The van der Waals surface area contributed by atoms with E-state index in [0.717, 1.165) is 11.1 Å². The van der Waals surface area contributed by atoms with Crippen LogP contribution in [0.4, 0.5) is 0 Å². The van der Waals surface area contributed by atoms with Crippen LogP contribution < -0.4 is 11.5 Å². The van der Waals surface area contributed by atoms with Crippen LogP contribution in [0.3, 0.4) is 0 Å². The predicted molar refractivity (Wildman–Crippen MR) is 94.8 cm³/mol. The Morgan fingerprint density at radius 3 is 1.19 bits per heavy atom. The zero-order valence-electron chi connectivity index (χ0n) is 13.9. The Morgan fingerprint density at radius 2 is 0.962 bits per heavy atom. The molecule has 2 aromatic carbocycles. The normalized spacial score (nSPS) is 12.4. The zero-order chi connectivity index (χ0) is 19.7. The summed E-state index contributed by atoms with van der Waals surface area (Å²) in [5, 5.41) is 35.0. The minimum Gasteiger partial charge on any atom is -0.508 e. The van der Waals surface area contributed by atoms with E-state index in [9.17, 15) is 9.59 Å². The first-order chi connectivity index (χ1) is 12.2. The van der Waals surface area contributed by atoms with E-state index in [1.807, 2.05) is 0 Å². The highest BCUT2D eigenvalue weighted by Gasteiger charge is 2.12. The van der Waals surface area contributed by atoms with Crippen LogP contribution in [-0.4, -0.2) is 44.4 Å². The Kier molecular flexibility index (Phi) is 8.07. The maximum atomic E-state index is 10.4. The topological polar surface area (TPSA) is 167 Å². The van der Waals surface area contributed by atoms with E-state index in [2.05, 4.69) is 0 Å². The second-order valence-electron chi connectivity index (χ2n) is 5.63. The van der Waals surface area contributed by atoms with Crippen LogP contribution >= 0.6 is 0 Å². The summed E-state index contributed by atoms with van der Waals surface area (Å²) in [6, 6.07) is 10.8. The summed E-state index contributed by atoms with van der Waals surface area (Å²) in [5.41, 5.74) is 12.2. The lowest BCUT2D eigenvalue weighted by molar-refractivity contribution is -0.139. The molecule has 0 bridgehead atoms. The average molecular weight is 362 g/mol. The summed E-state index contributed by atoms with van der Waals surface area (Å²) in [4.78, 5) is 20.8. The van der Waals surface area contributed by atoms with Crippen molar-refractivity contribution in [1.29, 1.82) is 0 Å². The first kappa shape index (κ1) is 20.9. The van der Waals surface area contributed by atoms with Gasteiger partial charge in [-0.1, -0.05) is 24.3 Å². The molecule has 8 N–H and O–H groups in total. The smallest absolute Gasteiger partial charge is 0.320 e. The highest BCUT2D eigenvalue weighted by atomic mass is 16.4. The van der Waals surface area contributed by atoms with Gasteiger partial charge in [-0.2, -0.15) is 0 Å². The van der Waals surface area contributed by atoms with E-state index in [-0.39, 0.29) is 24.3 Å². The first-order valence-electron chi connectivity index (χ1n) is 7.71. The van der Waals surface area contributed by atoms with Gasteiger partial charge in [-0.25, -0.2) is 0 Å². The summed E-state index contributed by atoms with van der Waals surface area (Å²) >= 11 is 0.